The standard InChI is InChI=1S/C14H15N3O2/c1-17(9-10-4-2-5-11(15)8-10)14(19)12-6-3-7-13(18)16-12/h2-8H,9,15H2,1H3,(H,16,18). The van der Waals surface area contributed by atoms with Crippen LogP contribution in [0.15, 0.2) is 47.3 Å². The third-order valence-electron chi connectivity index (χ3n) is 2.72. The van der Waals surface area contributed by atoms with E-state index in [9.17, 15) is 9.59 Å². The molecule has 0 saturated carbocycles. The molecule has 1 aromatic carbocycles. The van der Waals surface area contributed by atoms with E-state index in [-0.39, 0.29) is 17.2 Å². The number of nitrogens with zero attached hydrogens (tertiary/aromatic N) is 1. The SMILES string of the molecule is CN(Cc1cccc(N)c1)C(=O)c1cccc(=O)[nH]1. The summed E-state index contributed by atoms with van der Waals surface area (Å²) in [4.78, 5) is 27.3. The molecule has 2 rings (SSSR count). The maximum Gasteiger partial charge on any atom is 0.270 e. The highest BCUT2D eigenvalue weighted by molar-refractivity contribution is 5.91. The summed E-state index contributed by atoms with van der Waals surface area (Å²) in [6, 6.07) is 11.9. The Bertz CT molecular complexity index is 649. The van der Waals surface area contributed by atoms with E-state index in [2.05, 4.69) is 4.98 Å². The van der Waals surface area contributed by atoms with Crippen molar-refractivity contribution in [1.82, 2.24) is 9.88 Å². The molecule has 5 heteroatoms. The number of pyridine rings is 1. The molecule has 0 bridgehead atoms. The number of aromatic nitrogens is 1. The van der Waals surface area contributed by atoms with Crippen molar-refractivity contribution in [3.63, 3.8) is 0 Å². The average Bonchev–Trinajstić information content (AvgIpc) is 2.38. The maximum atomic E-state index is 12.1. The predicted octanol–water partition coefficient (Wildman–Crippen LogP) is 1.23. The molecule has 3 N–H and O–H groups in total. The number of hydrogen-bond acceptors (Lipinski definition) is 3. The quantitative estimate of drug-likeness (QED) is 0.812. The molecule has 5 nitrogen and oxygen atoms in total. The summed E-state index contributed by atoms with van der Waals surface area (Å²) >= 11 is 0. The van der Waals surface area contributed by atoms with Gasteiger partial charge in [0, 0.05) is 25.3 Å². The molecule has 0 fully saturated rings. The number of carbonyl (C=O) groups excluding carboxylic acids is 1. The van der Waals surface area contributed by atoms with Crippen molar-refractivity contribution in [2.45, 2.75) is 6.54 Å². The Kier molecular flexibility index (Phi) is 3.66. The van der Waals surface area contributed by atoms with Crippen LogP contribution in [0.5, 0.6) is 0 Å². The highest BCUT2D eigenvalue weighted by Crippen LogP contribution is 2.10. The Morgan fingerprint density at radius 2 is 2.00 bits per heavy atom. The van der Waals surface area contributed by atoms with E-state index in [1.54, 1.807) is 25.2 Å². The van der Waals surface area contributed by atoms with Crippen LogP contribution in [0.1, 0.15) is 16.1 Å². The van der Waals surface area contributed by atoms with Crippen LogP contribution in [0.3, 0.4) is 0 Å². The molecular weight excluding hydrogens is 242 g/mol. The van der Waals surface area contributed by atoms with Gasteiger partial charge in [-0.2, -0.15) is 0 Å². The highest BCUT2D eigenvalue weighted by Gasteiger charge is 2.12. The molecule has 0 spiro atoms. The first-order chi connectivity index (χ1) is 9.06. The molecule has 1 amide bonds. The zero-order valence-electron chi connectivity index (χ0n) is 10.6. The number of aromatic amines is 1. The topological polar surface area (TPSA) is 79.2 Å². The Balaban J connectivity index is 2.14. The van der Waals surface area contributed by atoms with Gasteiger partial charge in [-0.25, -0.2) is 0 Å². The van der Waals surface area contributed by atoms with E-state index in [0.29, 0.717) is 12.2 Å². The zero-order chi connectivity index (χ0) is 13.8. The maximum absolute atomic E-state index is 12.1. The monoisotopic (exact) mass is 257 g/mol. The predicted molar refractivity (Wildman–Crippen MR) is 73.7 cm³/mol. The van der Waals surface area contributed by atoms with E-state index in [4.69, 9.17) is 5.73 Å². The fraction of sp³-hybridized carbons (Fsp3) is 0.143. The third kappa shape index (κ3) is 3.22. The Hall–Kier alpha value is -2.56. The molecule has 1 heterocycles. The van der Waals surface area contributed by atoms with Crippen LogP contribution in [-0.2, 0) is 6.54 Å². The lowest BCUT2D eigenvalue weighted by atomic mass is 10.2. The number of nitrogens with two attached hydrogens (primary N) is 1. The normalized spacial score (nSPS) is 10.2. The first kappa shape index (κ1) is 12.9. The van der Waals surface area contributed by atoms with Crippen LogP contribution < -0.4 is 11.3 Å². The second-order valence-corrected chi connectivity index (χ2v) is 4.33. The van der Waals surface area contributed by atoms with E-state index in [1.807, 2.05) is 18.2 Å². The van der Waals surface area contributed by atoms with Gasteiger partial charge in [-0.05, 0) is 23.8 Å². The van der Waals surface area contributed by atoms with Crippen LogP contribution in [0, 0.1) is 0 Å². The van der Waals surface area contributed by atoms with Crippen molar-refractivity contribution in [1.29, 1.82) is 0 Å². The molecule has 2 aromatic rings. The van der Waals surface area contributed by atoms with E-state index >= 15 is 0 Å². The summed E-state index contributed by atoms with van der Waals surface area (Å²) in [7, 11) is 1.68. The number of rotatable bonds is 3. The van der Waals surface area contributed by atoms with Crippen molar-refractivity contribution < 1.29 is 4.79 Å². The Morgan fingerprint density at radius 1 is 1.26 bits per heavy atom. The lowest BCUT2D eigenvalue weighted by Crippen LogP contribution is -2.28. The highest BCUT2D eigenvalue weighted by atomic mass is 16.2. The minimum absolute atomic E-state index is 0.236. The zero-order valence-corrected chi connectivity index (χ0v) is 10.6. The minimum Gasteiger partial charge on any atom is -0.399 e. The molecular formula is C14H15N3O2. The summed E-state index contributed by atoms with van der Waals surface area (Å²) < 4.78 is 0. The molecule has 0 aliphatic rings. The van der Waals surface area contributed by atoms with E-state index in [0.717, 1.165) is 5.56 Å². The van der Waals surface area contributed by atoms with Gasteiger partial charge < -0.3 is 15.6 Å². The van der Waals surface area contributed by atoms with Crippen LogP contribution in [0.2, 0.25) is 0 Å². The van der Waals surface area contributed by atoms with Gasteiger partial charge in [0.05, 0.1) is 0 Å². The van der Waals surface area contributed by atoms with Gasteiger partial charge >= 0.3 is 0 Å². The molecule has 19 heavy (non-hydrogen) atoms. The molecule has 0 unspecified atom stereocenters. The molecule has 0 atom stereocenters. The van der Waals surface area contributed by atoms with E-state index < -0.39 is 0 Å². The van der Waals surface area contributed by atoms with Gasteiger partial charge in [-0.1, -0.05) is 18.2 Å². The molecule has 1 aromatic heterocycles. The summed E-state index contributed by atoms with van der Waals surface area (Å²) in [5.41, 5.74) is 7.28. The van der Waals surface area contributed by atoms with Gasteiger partial charge in [0.2, 0.25) is 5.56 Å². The van der Waals surface area contributed by atoms with Gasteiger partial charge in [-0.3, -0.25) is 9.59 Å². The molecule has 0 aliphatic carbocycles. The molecule has 98 valence electrons. The number of nitrogens with one attached hydrogen (secondary N) is 1. The molecule has 0 aliphatic heterocycles. The largest absolute Gasteiger partial charge is 0.399 e. The number of H-pyrrole nitrogens is 1. The van der Waals surface area contributed by atoms with Crippen molar-refractivity contribution >= 4 is 11.6 Å². The van der Waals surface area contributed by atoms with Crippen molar-refractivity contribution in [3.05, 3.63) is 64.1 Å². The number of benzene rings is 1. The summed E-state index contributed by atoms with van der Waals surface area (Å²) in [6.07, 6.45) is 0. The molecule has 0 radical (unpaired) electrons. The molecule has 0 saturated heterocycles. The Morgan fingerprint density at radius 3 is 2.68 bits per heavy atom. The summed E-state index contributed by atoms with van der Waals surface area (Å²) in [5.74, 6) is -0.236. The van der Waals surface area contributed by atoms with Crippen molar-refractivity contribution in [3.8, 4) is 0 Å². The second kappa shape index (κ2) is 5.39. The first-order valence-corrected chi connectivity index (χ1v) is 5.85. The van der Waals surface area contributed by atoms with Crippen LogP contribution >= 0.6 is 0 Å². The number of carbonyl (C=O) groups is 1. The van der Waals surface area contributed by atoms with Gasteiger partial charge in [0.25, 0.3) is 5.91 Å². The third-order valence-corrected chi connectivity index (χ3v) is 2.72. The van der Waals surface area contributed by atoms with Crippen LogP contribution in [-0.4, -0.2) is 22.8 Å². The van der Waals surface area contributed by atoms with E-state index in [1.165, 1.54) is 11.0 Å². The average molecular weight is 257 g/mol. The Labute approximate surface area is 110 Å². The fourth-order valence-electron chi connectivity index (χ4n) is 1.82. The van der Waals surface area contributed by atoms with Crippen LogP contribution in [0.4, 0.5) is 5.69 Å². The number of hydrogen-bond donors (Lipinski definition) is 2. The van der Waals surface area contributed by atoms with Gasteiger partial charge in [-0.15, -0.1) is 0 Å². The number of anilines is 1. The fourth-order valence-corrected chi connectivity index (χ4v) is 1.82. The minimum atomic E-state index is -0.289. The van der Waals surface area contributed by atoms with Crippen LogP contribution in [0.25, 0.3) is 0 Å². The number of amides is 1. The van der Waals surface area contributed by atoms with Crippen molar-refractivity contribution in [2.24, 2.45) is 0 Å². The lowest BCUT2D eigenvalue weighted by Gasteiger charge is -2.17. The van der Waals surface area contributed by atoms with Gasteiger partial charge in [0.1, 0.15) is 5.69 Å². The smallest absolute Gasteiger partial charge is 0.270 e. The first-order valence-electron chi connectivity index (χ1n) is 5.85. The number of nitrogen functional groups attached to an aromatic ring is 1. The lowest BCUT2D eigenvalue weighted by molar-refractivity contribution is 0.0779. The summed E-state index contributed by atoms with van der Waals surface area (Å²) in [6.45, 7) is 0.431. The van der Waals surface area contributed by atoms with Crippen molar-refractivity contribution in [2.75, 3.05) is 12.8 Å². The second-order valence-electron chi connectivity index (χ2n) is 4.33. The summed E-state index contributed by atoms with van der Waals surface area (Å²) in [5, 5.41) is 0. The van der Waals surface area contributed by atoms with Gasteiger partial charge in [0.15, 0.2) is 0 Å².